The Labute approximate surface area is 92.7 Å². The Hall–Kier alpha value is -1.42. The van der Waals surface area contributed by atoms with Crippen molar-refractivity contribution >= 4 is 5.97 Å². The smallest absolute Gasteiger partial charge is 0.438 e. The number of allylic oxidation sites excluding steroid dienone is 1. The fraction of sp³-hybridized carbons (Fsp3) is 0.571. The van der Waals surface area contributed by atoms with Crippen LogP contribution in [0.1, 0.15) is 0 Å². The summed E-state index contributed by atoms with van der Waals surface area (Å²) in [5.41, 5.74) is -6.88. The monoisotopic (exact) mass is 290 g/mol. The van der Waals surface area contributed by atoms with Gasteiger partial charge in [0.1, 0.15) is 0 Å². The lowest BCUT2D eigenvalue weighted by Crippen LogP contribution is -2.63. The first-order chi connectivity index (χ1) is 7.67. The predicted molar refractivity (Wildman–Crippen MR) is 37.7 cm³/mol. The van der Waals surface area contributed by atoms with Gasteiger partial charge < -0.3 is 5.11 Å². The lowest BCUT2D eigenvalue weighted by atomic mass is 9.95. The first kappa shape index (κ1) is 16.6. The molecule has 0 amide bonds. The summed E-state index contributed by atoms with van der Waals surface area (Å²) in [6.07, 6.45) is -16.0. The minimum Gasteiger partial charge on any atom is -0.478 e. The summed E-state index contributed by atoms with van der Waals surface area (Å²) in [4.78, 5) is 9.77. The Morgan fingerprint density at radius 2 is 1.17 bits per heavy atom. The van der Waals surface area contributed by atoms with Gasteiger partial charge in [-0.3, -0.25) is 0 Å². The van der Waals surface area contributed by atoms with Gasteiger partial charge in [-0.1, -0.05) is 0 Å². The number of aliphatic carboxylic acids is 1. The first-order valence-electron chi connectivity index (χ1n) is 3.79. The van der Waals surface area contributed by atoms with E-state index in [-0.39, 0.29) is 0 Å². The van der Waals surface area contributed by atoms with Gasteiger partial charge in [-0.05, 0) is 6.08 Å². The zero-order valence-electron chi connectivity index (χ0n) is 7.91. The van der Waals surface area contributed by atoms with Gasteiger partial charge in [-0.2, -0.15) is 35.1 Å². The Bertz CT molecular complexity index is 337. The van der Waals surface area contributed by atoms with Crippen LogP contribution in [0.5, 0.6) is 0 Å². The molecule has 0 fully saturated rings. The van der Waals surface area contributed by atoms with E-state index in [4.69, 9.17) is 5.11 Å². The Morgan fingerprint density at radius 1 is 0.833 bits per heavy atom. The number of carboxylic acid groups (broad SMARTS) is 1. The number of halogens is 9. The molecule has 0 spiro atoms. The molecule has 0 aliphatic heterocycles. The van der Waals surface area contributed by atoms with E-state index < -0.39 is 42.1 Å². The third-order valence-corrected chi connectivity index (χ3v) is 1.68. The molecule has 0 aromatic rings. The summed E-state index contributed by atoms with van der Waals surface area (Å²) in [5.74, 6) is -8.39. The standard InChI is InChI=1S/C7H3F9O2/c8-4(9,2-1-3(17)18)5(10,6(11,12)13)7(14,15)16/h1-2H,(H,17,18). The molecule has 11 heteroatoms. The molecule has 0 rings (SSSR count). The highest BCUT2D eigenvalue weighted by atomic mass is 19.4. The van der Waals surface area contributed by atoms with Crippen molar-refractivity contribution in [2.24, 2.45) is 0 Å². The van der Waals surface area contributed by atoms with E-state index >= 15 is 0 Å². The van der Waals surface area contributed by atoms with Crippen molar-refractivity contribution in [3.05, 3.63) is 12.2 Å². The van der Waals surface area contributed by atoms with E-state index in [0.29, 0.717) is 0 Å². The molecule has 1 N–H and O–H groups in total. The summed E-state index contributed by atoms with van der Waals surface area (Å²) in [6.45, 7) is 0. The van der Waals surface area contributed by atoms with E-state index in [1.54, 1.807) is 0 Å². The van der Waals surface area contributed by atoms with E-state index in [1.165, 1.54) is 0 Å². The normalized spacial score (nSPS) is 15.2. The molecule has 18 heavy (non-hydrogen) atoms. The lowest BCUT2D eigenvalue weighted by Gasteiger charge is -2.34. The Morgan fingerprint density at radius 3 is 1.39 bits per heavy atom. The lowest BCUT2D eigenvalue weighted by molar-refractivity contribution is -0.386. The molecule has 0 aliphatic rings. The van der Waals surface area contributed by atoms with Crippen LogP contribution in [0, 0.1) is 0 Å². The second-order valence-corrected chi connectivity index (χ2v) is 2.95. The summed E-state index contributed by atoms with van der Waals surface area (Å²) in [7, 11) is 0. The minimum atomic E-state index is -6.97. The zero-order chi connectivity index (χ0) is 15.0. The third kappa shape index (κ3) is 2.70. The van der Waals surface area contributed by atoms with Gasteiger partial charge >= 0.3 is 29.9 Å². The molecular weight excluding hydrogens is 287 g/mol. The maximum absolute atomic E-state index is 12.8. The second-order valence-electron chi connectivity index (χ2n) is 2.95. The number of hydrogen-bond donors (Lipinski definition) is 1. The number of carbonyl (C=O) groups is 1. The summed E-state index contributed by atoms with van der Waals surface area (Å²) in [5, 5.41) is 7.84. The van der Waals surface area contributed by atoms with Crippen LogP contribution in [0.3, 0.4) is 0 Å². The number of carboxylic acids is 1. The van der Waals surface area contributed by atoms with Crippen LogP contribution in [0.4, 0.5) is 39.5 Å². The SMILES string of the molecule is O=C(O)C=CC(F)(F)C(F)(C(F)(F)F)C(F)(F)F. The maximum Gasteiger partial charge on any atom is 0.438 e. The van der Waals surface area contributed by atoms with E-state index in [0.717, 1.165) is 0 Å². The van der Waals surface area contributed by atoms with E-state index in [2.05, 4.69) is 0 Å². The minimum absolute atomic E-state index is 0.716. The molecule has 0 heterocycles. The van der Waals surface area contributed by atoms with Gasteiger partial charge in [0.15, 0.2) is 0 Å². The third-order valence-electron chi connectivity index (χ3n) is 1.68. The van der Waals surface area contributed by atoms with Crippen molar-refractivity contribution < 1.29 is 49.4 Å². The van der Waals surface area contributed by atoms with Crippen molar-refractivity contribution in [3.63, 3.8) is 0 Å². The largest absolute Gasteiger partial charge is 0.478 e. The van der Waals surface area contributed by atoms with Crippen LogP contribution < -0.4 is 0 Å². The molecule has 0 radical (unpaired) electrons. The molecule has 0 saturated carbocycles. The van der Waals surface area contributed by atoms with E-state index in [9.17, 15) is 44.3 Å². The first-order valence-corrected chi connectivity index (χ1v) is 3.79. The number of hydrogen-bond acceptors (Lipinski definition) is 1. The van der Waals surface area contributed by atoms with Gasteiger partial charge in [-0.15, -0.1) is 0 Å². The van der Waals surface area contributed by atoms with Gasteiger partial charge in [-0.25, -0.2) is 9.18 Å². The van der Waals surface area contributed by atoms with Crippen molar-refractivity contribution in [2.75, 3.05) is 0 Å². The summed E-state index contributed by atoms with van der Waals surface area (Å²) >= 11 is 0. The molecule has 0 aromatic carbocycles. The van der Waals surface area contributed by atoms with Crippen LogP contribution in [-0.4, -0.2) is 35.0 Å². The molecule has 106 valence electrons. The van der Waals surface area contributed by atoms with Crippen LogP contribution >= 0.6 is 0 Å². The van der Waals surface area contributed by atoms with Crippen molar-refractivity contribution in [1.29, 1.82) is 0 Å². The van der Waals surface area contributed by atoms with Crippen LogP contribution in [-0.2, 0) is 4.79 Å². The fourth-order valence-electron chi connectivity index (χ4n) is 0.829. The molecule has 0 aromatic heterocycles. The maximum atomic E-state index is 12.8. The Balaban J connectivity index is 5.84. The summed E-state index contributed by atoms with van der Waals surface area (Å²) < 4.78 is 109. The molecule has 0 bridgehead atoms. The van der Waals surface area contributed by atoms with Gasteiger partial charge in [0.2, 0.25) is 0 Å². The molecule has 2 nitrogen and oxygen atoms in total. The van der Waals surface area contributed by atoms with Crippen LogP contribution in [0.2, 0.25) is 0 Å². The highest BCUT2D eigenvalue weighted by molar-refractivity contribution is 5.79. The second kappa shape index (κ2) is 4.35. The molecule has 0 aliphatic carbocycles. The molecular formula is C7H3F9O2. The van der Waals surface area contributed by atoms with E-state index in [1.807, 2.05) is 0 Å². The van der Waals surface area contributed by atoms with Gasteiger partial charge in [0.05, 0.1) is 0 Å². The number of rotatable bonds is 3. The van der Waals surface area contributed by atoms with Gasteiger partial charge in [0.25, 0.3) is 0 Å². The highest BCUT2D eigenvalue weighted by Crippen LogP contribution is 2.54. The van der Waals surface area contributed by atoms with Gasteiger partial charge in [0, 0.05) is 6.08 Å². The number of alkyl halides is 9. The van der Waals surface area contributed by atoms with Crippen LogP contribution in [0.15, 0.2) is 12.2 Å². The van der Waals surface area contributed by atoms with Crippen molar-refractivity contribution in [3.8, 4) is 0 Å². The van der Waals surface area contributed by atoms with Crippen LogP contribution in [0.25, 0.3) is 0 Å². The summed E-state index contributed by atoms with van der Waals surface area (Å²) in [6, 6.07) is 0. The quantitative estimate of drug-likeness (QED) is 0.640. The molecule has 0 saturated heterocycles. The molecule has 0 atom stereocenters. The fourth-order valence-corrected chi connectivity index (χ4v) is 0.829. The topological polar surface area (TPSA) is 37.3 Å². The van der Waals surface area contributed by atoms with Crippen molar-refractivity contribution in [2.45, 2.75) is 23.9 Å². The average molecular weight is 290 g/mol. The molecule has 0 unspecified atom stereocenters. The highest BCUT2D eigenvalue weighted by Gasteiger charge is 2.83. The predicted octanol–water partition coefficient (Wildman–Crippen LogP) is 3.10. The van der Waals surface area contributed by atoms with Crippen molar-refractivity contribution in [1.82, 2.24) is 0 Å². The Kier molecular flexibility index (Phi) is 4.01. The zero-order valence-corrected chi connectivity index (χ0v) is 7.91. The average Bonchev–Trinajstić information content (AvgIpc) is 2.09.